The first kappa shape index (κ1) is 14.6. The molecule has 0 unspecified atom stereocenters. The molecule has 21 heavy (non-hydrogen) atoms. The van der Waals surface area contributed by atoms with Gasteiger partial charge in [-0.2, -0.15) is 0 Å². The van der Waals surface area contributed by atoms with Crippen molar-refractivity contribution in [2.45, 2.75) is 25.7 Å². The second-order valence-electron chi connectivity index (χ2n) is 5.87. The van der Waals surface area contributed by atoms with Gasteiger partial charge in [-0.25, -0.2) is 0 Å². The summed E-state index contributed by atoms with van der Waals surface area (Å²) in [6.45, 7) is 1.43. The van der Waals surface area contributed by atoms with Crippen molar-refractivity contribution in [2.75, 3.05) is 18.4 Å². The molecule has 0 atom stereocenters. The molecule has 1 saturated heterocycles. The molecule has 1 saturated carbocycles. The molecule has 2 aliphatic rings. The lowest BCUT2D eigenvalue weighted by Crippen LogP contribution is -2.42. The molecule has 0 bridgehead atoms. The third kappa shape index (κ3) is 3.64. The lowest BCUT2D eigenvalue weighted by atomic mass is 9.95. The highest BCUT2D eigenvalue weighted by molar-refractivity contribution is 9.10. The zero-order valence-electron chi connectivity index (χ0n) is 11.8. The van der Waals surface area contributed by atoms with Crippen LogP contribution in [0.2, 0.25) is 0 Å². The lowest BCUT2D eigenvalue weighted by Gasteiger charge is -2.31. The quantitative estimate of drug-likeness (QED) is 0.910. The van der Waals surface area contributed by atoms with Crippen LogP contribution in [0.3, 0.4) is 0 Å². The second kappa shape index (κ2) is 6.18. The van der Waals surface area contributed by atoms with Crippen LogP contribution in [0.5, 0.6) is 0 Å². The van der Waals surface area contributed by atoms with E-state index >= 15 is 0 Å². The number of hydrogen-bond donors (Lipinski definition) is 1. The zero-order chi connectivity index (χ0) is 14.8. The molecule has 1 aliphatic carbocycles. The van der Waals surface area contributed by atoms with E-state index in [4.69, 9.17) is 0 Å². The molecule has 2 fully saturated rings. The van der Waals surface area contributed by atoms with Crippen molar-refractivity contribution in [1.82, 2.24) is 4.90 Å². The summed E-state index contributed by atoms with van der Waals surface area (Å²) in [5, 5.41) is 2.96. The molecule has 112 valence electrons. The molecule has 0 aromatic heterocycles. The number of carbonyl (C=O) groups is 2. The predicted molar refractivity (Wildman–Crippen MR) is 84.8 cm³/mol. The number of amides is 2. The molecular formula is C16H19BrN2O2. The van der Waals surface area contributed by atoms with Crippen LogP contribution in [0.15, 0.2) is 28.7 Å². The number of benzene rings is 1. The van der Waals surface area contributed by atoms with Gasteiger partial charge in [-0.1, -0.05) is 22.0 Å². The molecule has 2 amide bonds. The molecule has 3 rings (SSSR count). The third-order valence-corrected chi connectivity index (χ3v) is 4.69. The summed E-state index contributed by atoms with van der Waals surface area (Å²) < 4.78 is 0.949. The fourth-order valence-electron chi connectivity index (χ4n) is 2.76. The Morgan fingerprint density at radius 2 is 1.81 bits per heavy atom. The molecule has 1 aromatic carbocycles. The van der Waals surface area contributed by atoms with Crippen molar-refractivity contribution >= 4 is 33.4 Å². The number of piperidine rings is 1. The normalized spacial score (nSPS) is 19.4. The zero-order valence-corrected chi connectivity index (χ0v) is 13.4. The Balaban J connectivity index is 1.51. The van der Waals surface area contributed by atoms with Crippen LogP contribution < -0.4 is 5.32 Å². The molecule has 1 N–H and O–H groups in total. The fourth-order valence-corrected chi connectivity index (χ4v) is 3.16. The minimum Gasteiger partial charge on any atom is -0.342 e. The molecule has 0 radical (unpaired) electrons. The Morgan fingerprint density at radius 1 is 1.10 bits per heavy atom. The number of anilines is 1. The average Bonchev–Trinajstić information content (AvgIpc) is 3.31. The van der Waals surface area contributed by atoms with E-state index in [-0.39, 0.29) is 17.7 Å². The number of hydrogen-bond acceptors (Lipinski definition) is 2. The predicted octanol–water partition coefficient (Wildman–Crippen LogP) is 3.04. The van der Waals surface area contributed by atoms with E-state index in [1.807, 2.05) is 29.2 Å². The molecule has 1 aliphatic heterocycles. The van der Waals surface area contributed by atoms with Crippen molar-refractivity contribution in [1.29, 1.82) is 0 Å². The highest BCUT2D eigenvalue weighted by Crippen LogP contribution is 2.32. The van der Waals surface area contributed by atoms with Crippen LogP contribution in [-0.4, -0.2) is 29.8 Å². The summed E-state index contributed by atoms with van der Waals surface area (Å²) in [5.41, 5.74) is 0.811. The minimum absolute atomic E-state index is 0.00670. The maximum Gasteiger partial charge on any atom is 0.227 e. The number of nitrogens with zero attached hydrogens (tertiary/aromatic N) is 1. The first-order valence-corrected chi connectivity index (χ1v) is 8.28. The summed E-state index contributed by atoms with van der Waals surface area (Å²) in [5.74, 6) is 0.636. The second-order valence-corrected chi connectivity index (χ2v) is 6.79. The molecule has 1 aromatic rings. The number of rotatable bonds is 3. The molecule has 1 heterocycles. The monoisotopic (exact) mass is 350 g/mol. The van der Waals surface area contributed by atoms with Gasteiger partial charge in [0.25, 0.3) is 0 Å². The van der Waals surface area contributed by atoms with Gasteiger partial charge in [-0.05, 0) is 43.9 Å². The number of halogens is 1. The largest absolute Gasteiger partial charge is 0.342 e. The summed E-state index contributed by atoms with van der Waals surface area (Å²) in [6.07, 6.45) is 3.61. The standard InChI is InChI=1S/C16H19BrN2O2/c17-13-2-1-3-14(10-13)18-15(20)11-6-8-19(9-7-11)16(21)12-4-5-12/h1-3,10-12H,4-9H2,(H,18,20). The molecular weight excluding hydrogens is 332 g/mol. The Labute approximate surface area is 133 Å². The summed E-state index contributed by atoms with van der Waals surface area (Å²) >= 11 is 3.40. The maximum absolute atomic E-state index is 12.3. The summed E-state index contributed by atoms with van der Waals surface area (Å²) in [7, 11) is 0. The molecule has 4 nitrogen and oxygen atoms in total. The van der Waals surface area contributed by atoms with Gasteiger partial charge < -0.3 is 10.2 Å². The first-order chi connectivity index (χ1) is 10.1. The minimum atomic E-state index is 0.00670. The van der Waals surface area contributed by atoms with Crippen molar-refractivity contribution in [2.24, 2.45) is 11.8 Å². The number of carbonyl (C=O) groups excluding carboxylic acids is 2. The van der Waals surface area contributed by atoms with E-state index in [9.17, 15) is 9.59 Å². The van der Waals surface area contributed by atoms with Gasteiger partial charge in [-0.15, -0.1) is 0 Å². The van der Waals surface area contributed by atoms with Crippen LogP contribution in [0.1, 0.15) is 25.7 Å². The Hall–Kier alpha value is -1.36. The average molecular weight is 351 g/mol. The smallest absolute Gasteiger partial charge is 0.227 e. The molecule has 5 heteroatoms. The van der Waals surface area contributed by atoms with Crippen molar-refractivity contribution in [3.05, 3.63) is 28.7 Å². The lowest BCUT2D eigenvalue weighted by molar-refractivity contribution is -0.135. The highest BCUT2D eigenvalue weighted by Gasteiger charge is 2.35. The third-order valence-electron chi connectivity index (χ3n) is 4.20. The van der Waals surface area contributed by atoms with Crippen molar-refractivity contribution < 1.29 is 9.59 Å². The van der Waals surface area contributed by atoms with E-state index < -0.39 is 0 Å². The Bertz CT molecular complexity index is 549. The van der Waals surface area contributed by atoms with Crippen LogP contribution in [0, 0.1) is 11.8 Å². The highest BCUT2D eigenvalue weighted by atomic mass is 79.9. The van der Waals surface area contributed by atoms with Gasteiger partial charge >= 0.3 is 0 Å². The van der Waals surface area contributed by atoms with Crippen LogP contribution in [0.4, 0.5) is 5.69 Å². The van der Waals surface area contributed by atoms with Crippen LogP contribution in [-0.2, 0) is 9.59 Å². The van der Waals surface area contributed by atoms with E-state index in [0.717, 1.165) is 35.8 Å². The van der Waals surface area contributed by atoms with Gasteiger partial charge in [0, 0.05) is 35.1 Å². The van der Waals surface area contributed by atoms with Crippen molar-refractivity contribution in [3.8, 4) is 0 Å². The Kier molecular flexibility index (Phi) is 4.29. The van der Waals surface area contributed by atoms with E-state index in [1.165, 1.54) is 0 Å². The van der Waals surface area contributed by atoms with E-state index in [0.29, 0.717) is 19.0 Å². The topological polar surface area (TPSA) is 49.4 Å². The SMILES string of the molecule is O=C(Nc1cccc(Br)c1)C1CCN(C(=O)C2CC2)CC1. The van der Waals surface area contributed by atoms with Gasteiger partial charge in [0.1, 0.15) is 0 Å². The van der Waals surface area contributed by atoms with E-state index in [1.54, 1.807) is 0 Å². The van der Waals surface area contributed by atoms with E-state index in [2.05, 4.69) is 21.2 Å². The van der Waals surface area contributed by atoms with Crippen LogP contribution >= 0.6 is 15.9 Å². The first-order valence-electron chi connectivity index (χ1n) is 7.49. The summed E-state index contributed by atoms with van der Waals surface area (Å²) in [6, 6.07) is 7.60. The van der Waals surface area contributed by atoms with Gasteiger partial charge in [0.05, 0.1) is 0 Å². The van der Waals surface area contributed by atoms with Crippen molar-refractivity contribution in [3.63, 3.8) is 0 Å². The summed E-state index contributed by atoms with van der Waals surface area (Å²) in [4.78, 5) is 26.2. The van der Waals surface area contributed by atoms with Crippen LogP contribution in [0.25, 0.3) is 0 Å². The van der Waals surface area contributed by atoms with Gasteiger partial charge in [0.2, 0.25) is 11.8 Å². The number of likely N-dealkylation sites (tertiary alicyclic amines) is 1. The fraction of sp³-hybridized carbons (Fsp3) is 0.500. The maximum atomic E-state index is 12.3. The van der Waals surface area contributed by atoms with Gasteiger partial charge in [-0.3, -0.25) is 9.59 Å². The Morgan fingerprint density at radius 3 is 2.43 bits per heavy atom. The number of nitrogens with one attached hydrogen (secondary N) is 1. The molecule has 0 spiro atoms. The van der Waals surface area contributed by atoms with Gasteiger partial charge in [0.15, 0.2) is 0 Å².